The fourth-order valence-electron chi connectivity index (χ4n) is 1.79. The summed E-state index contributed by atoms with van der Waals surface area (Å²) >= 11 is 0. The summed E-state index contributed by atoms with van der Waals surface area (Å²) in [5.41, 5.74) is 1.72. The quantitative estimate of drug-likeness (QED) is 0.648. The molecule has 1 aliphatic carbocycles. The molecule has 1 heterocycles. The summed E-state index contributed by atoms with van der Waals surface area (Å²) in [6, 6.07) is 4.18. The zero-order chi connectivity index (χ0) is 8.44. The molecule has 1 aromatic heterocycles. The van der Waals surface area contributed by atoms with Gasteiger partial charge in [-0.2, -0.15) is 0 Å². The van der Waals surface area contributed by atoms with Crippen molar-refractivity contribution >= 4 is 0 Å². The number of aromatic nitrogens is 1. The van der Waals surface area contributed by atoms with Crippen molar-refractivity contribution in [2.75, 3.05) is 0 Å². The molecule has 1 saturated carbocycles. The molecule has 0 aliphatic heterocycles. The van der Waals surface area contributed by atoms with E-state index < -0.39 is 0 Å². The lowest BCUT2D eigenvalue weighted by Crippen LogP contribution is -2.28. The molecule has 0 aromatic carbocycles. The smallest absolute Gasteiger partial charge is 0.0270 e. The maximum atomic E-state index is 4.25. The maximum absolute atomic E-state index is 4.25. The lowest BCUT2D eigenvalue weighted by Gasteiger charge is -2.38. The Morgan fingerprint density at radius 3 is 2.50 bits per heavy atom. The van der Waals surface area contributed by atoms with Crippen molar-refractivity contribution in [2.24, 2.45) is 5.41 Å². The monoisotopic (exact) mass is 160 g/mol. The SMILES string of the molecule is [CH2]C1(Cc2ccncc2)CCC1. The van der Waals surface area contributed by atoms with E-state index in [2.05, 4.69) is 24.0 Å². The minimum Gasteiger partial charge on any atom is -0.265 e. The number of rotatable bonds is 2. The van der Waals surface area contributed by atoms with E-state index in [1.54, 1.807) is 0 Å². The first-order valence-electron chi connectivity index (χ1n) is 4.53. The Balaban J connectivity index is 2.04. The second-order valence-corrected chi connectivity index (χ2v) is 3.89. The highest BCUT2D eigenvalue weighted by Crippen LogP contribution is 2.42. The van der Waals surface area contributed by atoms with Gasteiger partial charge in [0.2, 0.25) is 0 Å². The fraction of sp³-hybridized carbons (Fsp3) is 0.455. The molecule has 1 radical (unpaired) electrons. The average Bonchev–Trinajstić information content (AvgIpc) is 2.04. The summed E-state index contributed by atoms with van der Waals surface area (Å²) in [6.45, 7) is 4.25. The number of pyridine rings is 1. The van der Waals surface area contributed by atoms with Crippen LogP contribution in [-0.4, -0.2) is 4.98 Å². The Kier molecular flexibility index (Phi) is 1.87. The molecule has 0 amide bonds. The van der Waals surface area contributed by atoms with Gasteiger partial charge in [-0.15, -0.1) is 0 Å². The highest BCUT2D eigenvalue weighted by atomic mass is 14.6. The number of hydrogen-bond acceptors (Lipinski definition) is 1. The first-order valence-corrected chi connectivity index (χ1v) is 4.53. The lowest BCUT2D eigenvalue weighted by atomic mass is 9.67. The summed E-state index contributed by atoms with van der Waals surface area (Å²) in [5.74, 6) is 0. The molecule has 1 nitrogen and oxygen atoms in total. The standard InChI is InChI=1S/C11H14N/c1-11(5-2-6-11)9-10-3-7-12-8-4-10/h3-4,7-8H,1-2,5-6,9H2. The molecule has 0 N–H and O–H groups in total. The summed E-state index contributed by atoms with van der Waals surface area (Å²) in [6.07, 6.45) is 8.77. The molecule has 63 valence electrons. The van der Waals surface area contributed by atoms with E-state index in [1.807, 2.05) is 12.4 Å². The van der Waals surface area contributed by atoms with E-state index in [1.165, 1.54) is 24.8 Å². The number of hydrogen-bond donors (Lipinski definition) is 0. The van der Waals surface area contributed by atoms with Crippen molar-refractivity contribution in [3.05, 3.63) is 37.0 Å². The van der Waals surface area contributed by atoms with Crippen LogP contribution in [0.3, 0.4) is 0 Å². The van der Waals surface area contributed by atoms with Gasteiger partial charge in [0.05, 0.1) is 0 Å². The van der Waals surface area contributed by atoms with E-state index in [0.29, 0.717) is 5.41 Å². The molecule has 0 saturated heterocycles. The highest BCUT2D eigenvalue weighted by molar-refractivity contribution is 5.14. The Morgan fingerprint density at radius 2 is 2.00 bits per heavy atom. The molecule has 2 rings (SSSR count). The topological polar surface area (TPSA) is 12.9 Å². The predicted molar refractivity (Wildman–Crippen MR) is 49.6 cm³/mol. The molecule has 1 fully saturated rings. The van der Waals surface area contributed by atoms with Crippen LogP contribution in [0.25, 0.3) is 0 Å². The highest BCUT2D eigenvalue weighted by Gasteiger charge is 2.31. The fourth-order valence-corrected chi connectivity index (χ4v) is 1.79. The van der Waals surface area contributed by atoms with Crippen LogP contribution in [0.15, 0.2) is 24.5 Å². The summed E-state index contributed by atoms with van der Waals surface area (Å²) < 4.78 is 0. The summed E-state index contributed by atoms with van der Waals surface area (Å²) in [5, 5.41) is 0. The molecular weight excluding hydrogens is 146 g/mol. The zero-order valence-corrected chi connectivity index (χ0v) is 7.29. The number of nitrogens with zero attached hydrogens (tertiary/aromatic N) is 1. The van der Waals surface area contributed by atoms with Crippen molar-refractivity contribution < 1.29 is 0 Å². The second kappa shape index (κ2) is 2.89. The molecule has 1 heteroatoms. The first-order chi connectivity index (χ1) is 5.79. The minimum atomic E-state index is 0.349. The van der Waals surface area contributed by atoms with Crippen LogP contribution in [0.2, 0.25) is 0 Å². The van der Waals surface area contributed by atoms with Crippen LogP contribution < -0.4 is 0 Å². The van der Waals surface area contributed by atoms with Crippen LogP contribution in [-0.2, 0) is 6.42 Å². The van der Waals surface area contributed by atoms with Gasteiger partial charge in [0, 0.05) is 12.4 Å². The average molecular weight is 160 g/mol. The van der Waals surface area contributed by atoms with Gasteiger partial charge in [-0.1, -0.05) is 6.42 Å². The second-order valence-electron chi connectivity index (χ2n) is 3.89. The summed E-state index contributed by atoms with van der Waals surface area (Å²) in [7, 11) is 0. The van der Waals surface area contributed by atoms with Gasteiger partial charge in [0.15, 0.2) is 0 Å². The van der Waals surface area contributed by atoms with Gasteiger partial charge in [-0.05, 0) is 49.3 Å². The van der Waals surface area contributed by atoms with Gasteiger partial charge in [0.25, 0.3) is 0 Å². The van der Waals surface area contributed by atoms with Crippen molar-refractivity contribution in [3.63, 3.8) is 0 Å². The molecular formula is C11H14N. The third-order valence-corrected chi connectivity index (χ3v) is 2.74. The molecule has 1 aromatic rings. The molecule has 0 spiro atoms. The van der Waals surface area contributed by atoms with Crippen LogP contribution >= 0.6 is 0 Å². The van der Waals surface area contributed by atoms with E-state index in [-0.39, 0.29) is 0 Å². The Hall–Kier alpha value is -0.850. The van der Waals surface area contributed by atoms with Crippen molar-refractivity contribution in [3.8, 4) is 0 Å². The van der Waals surface area contributed by atoms with Crippen LogP contribution in [0.5, 0.6) is 0 Å². The third-order valence-electron chi connectivity index (χ3n) is 2.74. The van der Waals surface area contributed by atoms with Crippen LogP contribution in [0, 0.1) is 12.3 Å². The van der Waals surface area contributed by atoms with E-state index in [9.17, 15) is 0 Å². The van der Waals surface area contributed by atoms with Gasteiger partial charge in [-0.25, -0.2) is 0 Å². The summed E-state index contributed by atoms with van der Waals surface area (Å²) in [4.78, 5) is 4.00. The largest absolute Gasteiger partial charge is 0.265 e. The molecule has 0 unspecified atom stereocenters. The zero-order valence-electron chi connectivity index (χ0n) is 7.29. The third kappa shape index (κ3) is 1.50. The Labute approximate surface area is 73.8 Å². The Bertz CT molecular complexity index is 249. The van der Waals surface area contributed by atoms with Crippen molar-refractivity contribution in [1.82, 2.24) is 4.98 Å². The minimum absolute atomic E-state index is 0.349. The van der Waals surface area contributed by atoms with Gasteiger partial charge < -0.3 is 0 Å². The molecule has 0 bridgehead atoms. The van der Waals surface area contributed by atoms with Crippen LogP contribution in [0.4, 0.5) is 0 Å². The molecule has 12 heavy (non-hydrogen) atoms. The van der Waals surface area contributed by atoms with Gasteiger partial charge in [0.1, 0.15) is 0 Å². The Morgan fingerprint density at radius 1 is 1.33 bits per heavy atom. The normalized spacial score (nSPS) is 20.1. The van der Waals surface area contributed by atoms with Crippen molar-refractivity contribution in [1.29, 1.82) is 0 Å². The predicted octanol–water partition coefficient (Wildman–Crippen LogP) is 2.63. The van der Waals surface area contributed by atoms with E-state index in [4.69, 9.17) is 0 Å². The van der Waals surface area contributed by atoms with Gasteiger partial charge >= 0.3 is 0 Å². The van der Waals surface area contributed by atoms with E-state index in [0.717, 1.165) is 6.42 Å². The lowest BCUT2D eigenvalue weighted by molar-refractivity contribution is 0.199. The maximum Gasteiger partial charge on any atom is 0.0270 e. The van der Waals surface area contributed by atoms with Crippen LogP contribution in [0.1, 0.15) is 24.8 Å². The van der Waals surface area contributed by atoms with E-state index >= 15 is 0 Å². The molecule has 1 aliphatic rings. The van der Waals surface area contributed by atoms with Crippen molar-refractivity contribution in [2.45, 2.75) is 25.7 Å². The van der Waals surface area contributed by atoms with Gasteiger partial charge in [-0.3, -0.25) is 4.98 Å². The molecule has 0 atom stereocenters. The first kappa shape index (κ1) is 7.78.